The van der Waals surface area contributed by atoms with Crippen molar-refractivity contribution in [3.63, 3.8) is 0 Å². The molecule has 5 heteroatoms. The normalized spacial score (nSPS) is 14.2. The first-order chi connectivity index (χ1) is 8.71. The molecule has 0 aliphatic rings. The number of carbonyl (C=O) groups is 1. The lowest BCUT2D eigenvalue weighted by Gasteiger charge is -2.19. The Labute approximate surface area is 108 Å². The van der Waals surface area contributed by atoms with Gasteiger partial charge in [-0.1, -0.05) is 20.3 Å². The van der Waals surface area contributed by atoms with E-state index >= 15 is 0 Å². The summed E-state index contributed by atoms with van der Waals surface area (Å²) in [5.41, 5.74) is 0. The maximum absolute atomic E-state index is 11.9. The molecule has 0 aromatic carbocycles. The summed E-state index contributed by atoms with van der Waals surface area (Å²) in [5.74, 6) is -0.0111. The van der Waals surface area contributed by atoms with Crippen LogP contribution in [0.1, 0.15) is 45.6 Å². The fourth-order valence-electron chi connectivity index (χ4n) is 1.95. The molecule has 0 aliphatic heterocycles. The molecule has 0 spiro atoms. The van der Waals surface area contributed by atoms with E-state index in [0.29, 0.717) is 6.42 Å². The molecular formula is C13H23N3O2. The molecule has 1 unspecified atom stereocenters. The van der Waals surface area contributed by atoms with Crippen molar-refractivity contribution in [2.24, 2.45) is 0 Å². The quantitative estimate of drug-likeness (QED) is 0.738. The highest BCUT2D eigenvalue weighted by atomic mass is 16.3. The zero-order valence-electron chi connectivity index (χ0n) is 11.2. The van der Waals surface area contributed by atoms with Crippen molar-refractivity contribution in [2.45, 2.75) is 51.6 Å². The highest BCUT2D eigenvalue weighted by Crippen LogP contribution is 2.17. The molecule has 1 heterocycles. The molecule has 1 aromatic rings. The summed E-state index contributed by atoms with van der Waals surface area (Å²) in [6.45, 7) is 4.04. The average Bonchev–Trinajstić information content (AvgIpc) is 2.89. The predicted molar refractivity (Wildman–Crippen MR) is 70.1 cm³/mol. The van der Waals surface area contributed by atoms with Crippen LogP contribution in [0.2, 0.25) is 0 Å². The molecule has 18 heavy (non-hydrogen) atoms. The van der Waals surface area contributed by atoms with Crippen LogP contribution in [0, 0.1) is 0 Å². The predicted octanol–water partition coefficient (Wildman–Crippen LogP) is 1.50. The number of nitrogens with zero attached hydrogens (tertiary/aromatic N) is 2. The minimum absolute atomic E-state index is 0.00817. The number of nitrogens with one attached hydrogen (secondary N) is 1. The fourth-order valence-corrected chi connectivity index (χ4v) is 1.95. The number of hydrogen-bond donors (Lipinski definition) is 2. The largest absolute Gasteiger partial charge is 0.394 e. The Kier molecular flexibility index (Phi) is 6.43. The third-order valence-corrected chi connectivity index (χ3v) is 3.07. The van der Waals surface area contributed by atoms with Gasteiger partial charge in [-0.25, -0.2) is 4.98 Å². The van der Waals surface area contributed by atoms with Gasteiger partial charge in [-0.3, -0.25) is 4.79 Å². The van der Waals surface area contributed by atoms with Crippen molar-refractivity contribution < 1.29 is 9.90 Å². The van der Waals surface area contributed by atoms with Crippen LogP contribution >= 0.6 is 0 Å². The Morgan fingerprint density at radius 3 is 2.78 bits per heavy atom. The van der Waals surface area contributed by atoms with Crippen molar-refractivity contribution in [1.82, 2.24) is 14.9 Å². The minimum atomic E-state index is -0.137. The zero-order valence-corrected chi connectivity index (χ0v) is 11.2. The van der Waals surface area contributed by atoms with Gasteiger partial charge in [-0.15, -0.1) is 0 Å². The lowest BCUT2D eigenvalue weighted by atomic mass is 10.1. The molecule has 1 amide bonds. The third kappa shape index (κ3) is 4.49. The molecule has 2 N–H and O–H groups in total. The molecule has 1 rings (SSSR count). The zero-order chi connectivity index (χ0) is 13.4. The Morgan fingerprint density at radius 2 is 2.28 bits per heavy atom. The number of amides is 1. The van der Waals surface area contributed by atoms with Gasteiger partial charge < -0.3 is 15.0 Å². The van der Waals surface area contributed by atoms with Crippen molar-refractivity contribution in [1.29, 1.82) is 0 Å². The van der Waals surface area contributed by atoms with E-state index in [2.05, 4.69) is 17.2 Å². The first-order valence-electron chi connectivity index (χ1n) is 6.58. The van der Waals surface area contributed by atoms with Crippen LogP contribution in [0.4, 0.5) is 0 Å². The first kappa shape index (κ1) is 14.7. The number of aliphatic hydroxyl groups excluding tert-OH is 1. The van der Waals surface area contributed by atoms with Crippen LogP contribution in [0.5, 0.6) is 0 Å². The second kappa shape index (κ2) is 7.87. The van der Waals surface area contributed by atoms with Crippen molar-refractivity contribution >= 4 is 5.91 Å². The highest BCUT2D eigenvalue weighted by Gasteiger charge is 2.16. The van der Waals surface area contributed by atoms with Gasteiger partial charge in [0.1, 0.15) is 0 Å². The first-order valence-corrected chi connectivity index (χ1v) is 6.58. The van der Waals surface area contributed by atoms with Crippen molar-refractivity contribution in [2.75, 3.05) is 6.61 Å². The molecule has 0 radical (unpaired) electrons. The van der Waals surface area contributed by atoms with E-state index < -0.39 is 0 Å². The topological polar surface area (TPSA) is 67.2 Å². The highest BCUT2D eigenvalue weighted by molar-refractivity contribution is 5.76. The monoisotopic (exact) mass is 253 g/mol. The molecule has 0 bridgehead atoms. The van der Waals surface area contributed by atoms with Crippen LogP contribution < -0.4 is 5.32 Å². The summed E-state index contributed by atoms with van der Waals surface area (Å²) in [5, 5.41) is 11.9. The standard InChI is InChI=1S/C13H23N3O2/c1-3-5-12(16-7-6-14-10-16)8-13(18)15-11(4-2)9-17/h6-7,10-12,17H,3-5,8-9H2,1-2H3,(H,15,18)/t11-,12?/m0/s1. The van der Waals surface area contributed by atoms with Gasteiger partial charge in [-0.2, -0.15) is 0 Å². The summed E-state index contributed by atoms with van der Waals surface area (Å²) in [6.07, 6.45) is 8.50. The maximum Gasteiger partial charge on any atom is 0.222 e. The number of aromatic nitrogens is 2. The summed E-state index contributed by atoms with van der Waals surface area (Å²) in [6, 6.07) is 0.0104. The average molecular weight is 253 g/mol. The number of carbonyl (C=O) groups excluding carboxylic acids is 1. The van der Waals surface area contributed by atoms with Gasteiger partial charge in [0.05, 0.1) is 19.0 Å². The lowest BCUT2D eigenvalue weighted by Crippen LogP contribution is -2.37. The molecule has 1 aromatic heterocycles. The van der Waals surface area contributed by atoms with E-state index in [-0.39, 0.29) is 24.6 Å². The van der Waals surface area contributed by atoms with Gasteiger partial charge >= 0.3 is 0 Å². The van der Waals surface area contributed by atoms with Gasteiger partial charge in [0.25, 0.3) is 0 Å². The van der Waals surface area contributed by atoms with Gasteiger partial charge in [0, 0.05) is 24.9 Å². The van der Waals surface area contributed by atoms with Crippen molar-refractivity contribution in [3.8, 4) is 0 Å². The van der Waals surface area contributed by atoms with E-state index in [4.69, 9.17) is 5.11 Å². The Balaban J connectivity index is 2.53. The molecule has 0 saturated heterocycles. The summed E-state index contributed by atoms with van der Waals surface area (Å²) < 4.78 is 1.98. The molecule has 102 valence electrons. The van der Waals surface area contributed by atoms with Crippen LogP contribution in [0.3, 0.4) is 0 Å². The van der Waals surface area contributed by atoms with Crippen LogP contribution in [-0.2, 0) is 4.79 Å². The van der Waals surface area contributed by atoms with Gasteiger partial charge in [0.2, 0.25) is 5.91 Å². The number of rotatable bonds is 8. The second-order valence-corrected chi connectivity index (χ2v) is 4.51. The number of aliphatic hydroxyl groups is 1. The number of imidazole rings is 1. The molecule has 0 aliphatic carbocycles. The maximum atomic E-state index is 11.9. The Hall–Kier alpha value is -1.36. The Morgan fingerprint density at radius 1 is 1.50 bits per heavy atom. The van der Waals surface area contributed by atoms with Crippen molar-refractivity contribution in [3.05, 3.63) is 18.7 Å². The van der Waals surface area contributed by atoms with Gasteiger partial charge in [-0.05, 0) is 12.8 Å². The summed E-state index contributed by atoms with van der Waals surface area (Å²) in [4.78, 5) is 15.9. The second-order valence-electron chi connectivity index (χ2n) is 4.51. The van der Waals surface area contributed by atoms with E-state index in [0.717, 1.165) is 19.3 Å². The third-order valence-electron chi connectivity index (χ3n) is 3.07. The van der Waals surface area contributed by atoms with E-state index in [1.54, 1.807) is 12.5 Å². The van der Waals surface area contributed by atoms with Crippen LogP contribution in [0.25, 0.3) is 0 Å². The van der Waals surface area contributed by atoms with Gasteiger partial charge in [0.15, 0.2) is 0 Å². The number of hydrogen-bond acceptors (Lipinski definition) is 3. The smallest absolute Gasteiger partial charge is 0.222 e. The van der Waals surface area contributed by atoms with Crippen LogP contribution in [-0.4, -0.2) is 33.2 Å². The molecule has 0 fully saturated rings. The summed E-state index contributed by atoms with van der Waals surface area (Å²) >= 11 is 0. The SMILES string of the molecule is CCCC(CC(=O)N[C@@H](CC)CO)n1ccnc1. The molecule has 5 nitrogen and oxygen atoms in total. The van der Waals surface area contributed by atoms with E-state index in [1.165, 1.54) is 0 Å². The van der Waals surface area contributed by atoms with E-state index in [1.807, 2.05) is 17.7 Å². The molecule has 0 saturated carbocycles. The minimum Gasteiger partial charge on any atom is -0.394 e. The van der Waals surface area contributed by atoms with Crippen LogP contribution in [0.15, 0.2) is 18.7 Å². The summed E-state index contributed by atoms with van der Waals surface area (Å²) in [7, 11) is 0. The molecular weight excluding hydrogens is 230 g/mol. The molecule has 2 atom stereocenters. The lowest BCUT2D eigenvalue weighted by molar-refractivity contribution is -0.123. The van der Waals surface area contributed by atoms with E-state index in [9.17, 15) is 4.79 Å². The fraction of sp³-hybridized carbons (Fsp3) is 0.692. The Bertz CT molecular complexity index is 334.